The van der Waals surface area contributed by atoms with Crippen LogP contribution in [0.1, 0.15) is 16.1 Å². The molecule has 5 nitrogen and oxygen atoms in total. The summed E-state index contributed by atoms with van der Waals surface area (Å²) in [6.07, 6.45) is 2.94. The van der Waals surface area contributed by atoms with E-state index in [9.17, 15) is 14.9 Å². The van der Waals surface area contributed by atoms with Crippen molar-refractivity contribution in [3.05, 3.63) is 70.0 Å². The van der Waals surface area contributed by atoms with Gasteiger partial charge in [0, 0.05) is 0 Å². The number of furan rings is 1. The lowest BCUT2D eigenvalue weighted by atomic mass is 10.2. The lowest BCUT2D eigenvalue weighted by Gasteiger charge is -1.90. The smallest absolute Gasteiger partial charge is 0.397 e. The van der Waals surface area contributed by atoms with Gasteiger partial charge in [0.1, 0.15) is 4.92 Å². The van der Waals surface area contributed by atoms with Crippen molar-refractivity contribution in [2.75, 3.05) is 0 Å². The molecule has 1 heterocycles. The first-order valence-electron chi connectivity index (χ1n) is 5.18. The van der Waals surface area contributed by atoms with Crippen LogP contribution in [0.15, 0.2) is 53.0 Å². The van der Waals surface area contributed by atoms with Crippen LogP contribution in [0, 0.1) is 10.1 Å². The van der Waals surface area contributed by atoms with Crippen LogP contribution in [-0.2, 0) is 0 Å². The van der Waals surface area contributed by atoms with Crippen molar-refractivity contribution >= 4 is 17.7 Å². The van der Waals surface area contributed by atoms with Gasteiger partial charge in [-0.15, -0.1) is 0 Å². The van der Waals surface area contributed by atoms with Gasteiger partial charge < -0.3 is 4.42 Å². The first-order valence-corrected chi connectivity index (χ1v) is 5.18. The highest BCUT2D eigenvalue weighted by atomic mass is 16.6. The number of carbonyl (C=O) groups is 1. The van der Waals surface area contributed by atoms with E-state index in [0.717, 1.165) is 11.6 Å². The first kappa shape index (κ1) is 11.8. The topological polar surface area (TPSA) is 73.3 Å². The van der Waals surface area contributed by atoms with Crippen molar-refractivity contribution in [1.29, 1.82) is 0 Å². The minimum atomic E-state index is -0.683. The summed E-state index contributed by atoms with van der Waals surface area (Å²) in [5.74, 6) is -0.896. The lowest BCUT2D eigenvalue weighted by Crippen LogP contribution is -1.91. The molecule has 0 aliphatic carbocycles. The number of carbonyl (C=O) groups excluding carboxylic acids is 1. The van der Waals surface area contributed by atoms with E-state index in [2.05, 4.69) is 0 Å². The number of nitrogens with zero attached hydrogens (tertiary/aromatic N) is 1. The standard InChI is InChI=1S/C13H9NO4/c15-11(7-6-10-4-2-1-3-5-10)12-8-9-13(18-12)14(16)17/h1-9H. The van der Waals surface area contributed by atoms with E-state index >= 15 is 0 Å². The Kier molecular flexibility index (Phi) is 3.33. The molecule has 0 bridgehead atoms. The van der Waals surface area contributed by atoms with Crippen LogP contribution < -0.4 is 0 Å². The molecule has 90 valence electrons. The van der Waals surface area contributed by atoms with Crippen LogP contribution in [-0.4, -0.2) is 10.7 Å². The van der Waals surface area contributed by atoms with Gasteiger partial charge >= 0.3 is 5.88 Å². The van der Waals surface area contributed by atoms with E-state index in [1.807, 2.05) is 30.3 Å². The molecule has 1 aromatic heterocycles. The number of hydrogen-bond acceptors (Lipinski definition) is 4. The van der Waals surface area contributed by atoms with E-state index in [1.165, 1.54) is 12.1 Å². The number of benzene rings is 1. The van der Waals surface area contributed by atoms with Gasteiger partial charge in [0.2, 0.25) is 5.78 Å². The normalized spacial score (nSPS) is 10.7. The first-order chi connectivity index (χ1) is 8.66. The minimum Gasteiger partial charge on any atom is -0.397 e. The maximum atomic E-state index is 11.7. The molecule has 0 N–H and O–H groups in total. The van der Waals surface area contributed by atoms with Gasteiger partial charge in [-0.3, -0.25) is 14.9 Å². The summed E-state index contributed by atoms with van der Waals surface area (Å²) in [5.41, 5.74) is 0.868. The molecule has 0 saturated carbocycles. The predicted octanol–water partition coefficient (Wildman–Crippen LogP) is 3.08. The van der Waals surface area contributed by atoms with Crippen LogP contribution in [0.5, 0.6) is 0 Å². The molecular formula is C13H9NO4. The fourth-order valence-electron chi connectivity index (χ4n) is 1.38. The largest absolute Gasteiger partial charge is 0.433 e. The summed E-state index contributed by atoms with van der Waals surface area (Å²) in [5, 5.41) is 10.4. The van der Waals surface area contributed by atoms with Crippen LogP contribution in [0.4, 0.5) is 5.88 Å². The van der Waals surface area contributed by atoms with Crippen molar-refractivity contribution in [1.82, 2.24) is 0 Å². The van der Waals surface area contributed by atoms with Gasteiger partial charge in [-0.1, -0.05) is 36.4 Å². The van der Waals surface area contributed by atoms with Gasteiger partial charge in [0.25, 0.3) is 0 Å². The number of nitro groups is 1. The highest BCUT2D eigenvalue weighted by Gasteiger charge is 2.15. The Morgan fingerprint density at radius 1 is 1.17 bits per heavy atom. The van der Waals surface area contributed by atoms with Gasteiger partial charge in [-0.25, -0.2) is 0 Å². The zero-order valence-corrected chi connectivity index (χ0v) is 9.28. The van der Waals surface area contributed by atoms with Gasteiger partial charge in [-0.05, 0) is 17.7 Å². The highest BCUT2D eigenvalue weighted by molar-refractivity contribution is 6.05. The van der Waals surface area contributed by atoms with Crippen molar-refractivity contribution in [3.8, 4) is 0 Å². The molecule has 2 aromatic rings. The second-order valence-electron chi connectivity index (χ2n) is 3.50. The summed E-state index contributed by atoms with van der Waals surface area (Å²) in [6.45, 7) is 0. The summed E-state index contributed by atoms with van der Waals surface area (Å²) < 4.78 is 4.80. The monoisotopic (exact) mass is 243 g/mol. The number of hydrogen-bond donors (Lipinski definition) is 0. The Balaban J connectivity index is 2.12. The molecule has 0 radical (unpaired) electrons. The van der Waals surface area contributed by atoms with Crippen molar-refractivity contribution < 1.29 is 14.1 Å². The van der Waals surface area contributed by atoms with Gasteiger partial charge in [-0.2, -0.15) is 0 Å². The summed E-state index contributed by atoms with van der Waals surface area (Å²) in [4.78, 5) is 21.4. The van der Waals surface area contributed by atoms with Crippen LogP contribution in [0.25, 0.3) is 6.08 Å². The average Bonchev–Trinajstić information content (AvgIpc) is 2.87. The Morgan fingerprint density at radius 2 is 1.89 bits per heavy atom. The predicted molar refractivity (Wildman–Crippen MR) is 65.2 cm³/mol. The van der Waals surface area contributed by atoms with Gasteiger partial charge in [0.15, 0.2) is 5.76 Å². The molecule has 0 aliphatic heterocycles. The zero-order chi connectivity index (χ0) is 13.0. The Morgan fingerprint density at radius 3 is 2.50 bits per heavy atom. The van der Waals surface area contributed by atoms with E-state index in [1.54, 1.807) is 6.08 Å². The second kappa shape index (κ2) is 5.09. The van der Waals surface area contributed by atoms with E-state index < -0.39 is 16.6 Å². The third kappa shape index (κ3) is 2.70. The maximum Gasteiger partial charge on any atom is 0.433 e. The molecular weight excluding hydrogens is 234 g/mol. The average molecular weight is 243 g/mol. The molecule has 0 fully saturated rings. The van der Waals surface area contributed by atoms with E-state index in [-0.39, 0.29) is 5.76 Å². The third-order valence-electron chi connectivity index (χ3n) is 2.24. The summed E-state index contributed by atoms with van der Waals surface area (Å²) >= 11 is 0. The molecule has 1 aromatic carbocycles. The fourth-order valence-corrected chi connectivity index (χ4v) is 1.38. The third-order valence-corrected chi connectivity index (χ3v) is 2.24. The van der Waals surface area contributed by atoms with Crippen LogP contribution >= 0.6 is 0 Å². The lowest BCUT2D eigenvalue weighted by molar-refractivity contribution is -0.402. The molecule has 5 heteroatoms. The van der Waals surface area contributed by atoms with Crippen molar-refractivity contribution in [2.24, 2.45) is 0 Å². The number of rotatable bonds is 4. The molecule has 0 saturated heterocycles. The number of allylic oxidation sites excluding steroid dienone is 1. The minimum absolute atomic E-state index is 0.0473. The van der Waals surface area contributed by atoms with Gasteiger partial charge in [0.05, 0.1) is 6.07 Å². The van der Waals surface area contributed by atoms with Crippen molar-refractivity contribution in [3.63, 3.8) is 0 Å². The van der Waals surface area contributed by atoms with E-state index in [0.29, 0.717) is 0 Å². The Bertz CT molecular complexity index is 598. The van der Waals surface area contributed by atoms with Crippen molar-refractivity contribution in [2.45, 2.75) is 0 Å². The quantitative estimate of drug-likeness (QED) is 0.358. The second-order valence-corrected chi connectivity index (χ2v) is 3.50. The SMILES string of the molecule is O=C(C=Cc1ccccc1)c1ccc([N+](=O)[O-])o1. The summed E-state index contributed by atoms with van der Waals surface area (Å²) in [7, 11) is 0. The molecule has 0 unspecified atom stereocenters. The van der Waals surface area contributed by atoms with Crippen LogP contribution in [0.3, 0.4) is 0 Å². The Labute approximate surface area is 103 Å². The number of ketones is 1. The Hall–Kier alpha value is -2.69. The molecule has 18 heavy (non-hydrogen) atoms. The molecule has 2 rings (SSSR count). The van der Waals surface area contributed by atoms with Crippen LogP contribution in [0.2, 0.25) is 0 Å². The molecule has 0 aliphatic rings. The maximum absolute atomic E-state index is 11.7. The molecule has 0 spiro atoms. The zero-order valence-electron chi connectivity index (χ0n) is 9.28. The molecule has 0 amide bonds. The van der Waals surface area contributed by atoms with E-state index in [4.69, 9.17) is 4.42 Å². The highest BCUT2D eigenvalue weighted by Crippen LogP contribution is 2.16. The molecule has 0 atom stereocenters. The fraction of sp³-hybridized carbons (Fsp3) is 0. The summed E-state index contributed by atoms with van der Waals surface area (Å²) in [6, 6.07) is 11.7.